The predicted octanol–water partition coefficient (Wildman–Crippen LogP) is 4.19. The van der Waals surface area contributed by atoms with Crippen molar-refractivity contribution < 1.29 is 8.81 Å². The van der Waals surface area contributed by atoms with E-state index in [9.17, 15) is 4.39 Å². The van der Waals surface area contributed by atoms with Crippen molar-refractivity contribution in [2.75, 3.05) is 6.54 Å². The predicted molar refractivity (Wildman–Crippen MR) is 73.6 cm³/mol. The van der Waals surface area contributed by atoms with Crippen LogP contribution in [0.5, 0.6) is 0 Å². The number of hydrogen-bond acceptors (Lipinski definition) is 3. The van der Waals surface area contributed by atoms with E-state index in [1.54, 1.807) is 18.3 Å². The fraction of sp³-hybridized carbons (Fsp3) is 0.357. The van der Waals surface area contributed by atoms with Crippen LogP contribution >= 0.6 is 11.6 Å². The van der Waals surface area contributed by atoms with Gasteiger partial charge < -0.3 is 9.73 Å². The topological polar surface area (TPSA) is 38.1 Å². The third-order valence-electron chi connectivity index (χ3n) is 2.81. The fourth-order valence-electron chi connectivity index (χ4n) is 1.75. The molecule has 1 unspecified atom stereocenters. The lowest BCUT2D eigenvalue weighted by atomic mass is 10.2. The molecule has 3 nitrogen and oxygen atoms in total. The van der Waals surface area contributed by atoms with Crippen LogP contribution in [0.15, 0.2) is 28.8 Å². The monoisotopic (exact) mass is 282 g/mol. The Bertz CT molecular complexity index is 556. The van der Waals surface area contributed by atoms with Gasteiger partial charge in [0, 0.05) is 5.56 Å². The highest BCUT2D eigenvalue weighted by Crippen LogP contribution is 2.31. The van der Waals surface area contributed by atoms with Crippen LogP contribution in [0, 0.1) is 5.82 Å². The van der Waals surface area contributed by atoms with Crippen LogP contribution in [-0.4, -0.2) is 11.5 Å². The Morgan fingerprint density at radius 2 is 2.26 bits per heavy atom. The molecule has 0 aliphatic rings. The molecule has 0 spiro atoms. The highest BCUT2D eigenvalue weighted by Gasteiger charge is 2.15. The molecule has 0 radical (unpaired) electrons. The van der Waals surface area contributed by atoms with Crippen LogP contribution in [0.4, 0.5) is 4.39 Å². The van der Waals surface area contributed by atoms with Gasteiger partial charge in [0.15, 0.2) is 5.76 Å². The highest BCUT2D eigenvalue weighted by atomic mass is 35.5. The third kappa shape index (κ3) is 3.14. The summed E-state index contributed by atoms with van der Waals surface area (Å²) >= 11 is 5.92. The minimum atomic E-state index is -0.464. The second-order valence-electron chi connectivity index (χ2n) is 4.34. The summed E-state index contributed by atoms with van der Waals surface area (Å²) in [4.78, 5) is 4.21. The van der Waals surface area contributed by atoms with Crippen molar-refractivity contribution in [2.45, 2.75) is 26.3 Å². The minimum Gasteiger partial charge on any atom is -0.439 e. The van der Waals surface area contributed by atoms with Crippen LogP contribution < -0.4 is 5.32 Å². The number of nitrogens with one attached hydrogen (secondary N) is 1. The van der Waals surface area contributed by atoms with Crippen molar-refractivity contribution >= 4 is 11.6 Å². The molecule has 0 bridgehead atoms. The Kier molecular flexibility index (Phi) is 4.56. The molecular weight excluding hydrogens is 267 g/mol. The molecule has 0 fully saturated rings. The van der Waals surface area contributed by atoms with Gasteiger partial charge in [-0.1, -0.05) is 24.6 Å². The van der Waals surface area contributed by atoms with Gasteiger partial charge in [-0.25, -0.2) is 9.37 Å². The van der Waals surface area contributed by atoms with Crippen LogP contribution in [0.2, 0.25) is 5.02 Å². The number of aromatic nitrogens is 1. The van der Waals surface area contributed by atoms with Gasteiger partial charge in [-0.3, -0.25) is 0 Å². The van der Waals surface area contributed by atoms with Crippen LogP contribution in [0.3, 0.4) is 0 Å². The van der Waals surface area contributed by atoms with Crippen LogP contribution in [0.1, 0.15) is 32.2 Å². The maximum atomic E-state index is 13.4. The minimum absolute atomic E-state index is 0.0148. The summed E-state index contributed by atoms with van der Waals surface area (Å²) in [5.41, 5.74) is 0.517. The number of benzene rings is 1. The molecular formula is C14H16ClFN2O. The fourth-order valence-corrected chi connectivity index (χ4v) is 1.97. The highest BCUT2D eigenvalue weighted by molar-refractivity contribution is 6.33. The zero-order valence-electron chi connectivity index (χ0n) is 10.9. The van der Waals surface area contributed by atoms with Gasteiger partial charge in [0.05, 0.1) is 17.3 Å². The van der Waals surface area contributed by atoms with E-state index in [4.69, 9.17) is 16.0 Å². The maximum Gasteiger partial charge on any atom is 0.211 e. The van der Waals surface area contributed by atoms with Crippen molar-refractivity contribution in [3.63, 3.8) is 0 Å². The Hall–Kier alpha value is -1.39. The first-order valence-corrected chi connectivity index (χ1v) is 6.64. The largest absolute Gasteiger partial charge is 0.439 e. The molecule has 2 rings (SSSR count). The molecule has 1 N–H and O–H groups in total. The summed E-state index contributed by atoms with van der Waals surface area (Å²) in [7, 11) is 0. The molecule has 1 aromatic carbocycles. The van der Waals surface area contributed by atoms with Crippen molar-refractivity contribution in [2.24, 2.45) is 0 Å². The standard InChI is InChI=1S/C14H16ClFN2O/c1-3-7-17-9(2)14-18-8-12(19-14)10-5-4-6-11(16)13(10)15/h4-6,8-9,17H,3,7H2,1-2H3. The van der Waals surface area contributed by atoms with Gasteiger partial charge >= 0.3 is 0 Å². The summed E-state index contributed by atoms with van der Waals surface area (Å²) in [5.74, 6) is 0.586. The SMILES string of the molecule is CCCNC(C)c1ncc(-c2cccc(F)c2Cl)o1. The summed E-state index contributed by atoms with van der Waals surface area (Å²) in [6.45, 7) is 4.95. The van der Waals surface area contributed by atoms with Gasteiger partial charge in [0.25, 0.3) is 0 Å². The Morgan fingerprint density at radius 3 is 3.00 bits per heavy atom. The van der Waals surface area contributed by atoms with Crippen molar-refractivity contribution in [1.29, 1.82) is 0 Å². The van der Waals surface area contributed by atoms with E-state index in [2.05, 4.69) is 17.2 Å². The molecule has 1 atom stereocenters. The van der Waals surface area contributed by atoms with E-state index in [0.29, 0.717) is 17.2 Å². The van der Waals surface area contributed by atoms with Gasteiger partial charge in [0.1, 0.15) is 5.82 Å². The molecule has 0 saturated carbocycles. The molecule has 0 aliphatic heterocycles. The van der Waals surface area contributed by atoms with E-state index in [0.717, 1.165) is 13.0 Å². The Balaban J connectivity index is 2.23. The second kappa shape index (κ2) is 6.17. The van der Waals surface area contributed by atoms with Gasteiger partial charge in [0.2, 0.25) is 5.89 Å². The molecule has 0 saturated heterocycles. The summed E-state index contributed by atoms with van der Waals surface area (Å²) in [6, 6.07) is 4.63. The summed E-state index contributed by atoms with van der Waals surface area (Å²) in [5, 5.41) is 3.33. The zero-order valence-corrected chi connectivity index (χ0v) is 11.7. The number of oxazole rings is 1. The molecule has 102 valence electrons. The van der Waals surface area contributed by atoms with Crippen LogP contribution in [0.25, 0.3) is 11.3 Å². The summed E-state index contributed by atoms with van der Waals surface area (Å²) < 4.78 is 19.0. The third-order valence-corrected chi connectivity index (χ3v) is 3.20. The first-order chi connectivity index (χ1) is 9.13. The van der Waals surface area contributed by atoms with E-state index < -0.39 is 5.82 Å². The molecule has 19 heavy (non-hydrogen) atoms. The lowest BCUT2D eigenvalue weighted by Crippen LogP contribution is -2.19. The van der Waals surface area contributed by atoms with Crippen molar-refractivity contribution in [3.05, 3.63) is 41.1 Å². The van der Waals surface area contributed by atoms with Gasteiger partial charge in [-0.2, -0.15) is 0 Å². The van der Waals surface area contributed by atoms with Crippen molar-refractivity contribution in [3.8, 4) is 11.3 Å². The van der Waals surface area contributed by atoms with E-state index in [1.807, 2.05) is 6.92 Å². The molecule has 0 amide bonds. The normalized spacial score (nSPS) is 12.6. The Labute approximate surface area is 116 Å². The Morgan fingerprint density at radius 1 is 1.47 bits per heavy atom. The number of hydrogen-bond donors (Lipinski definition) is 1. The lowest BCUT2D eigenvalue weighted by molar-refractivity contribution is 0.423. The van der Waals surface area contributed by atoms with Gasteiger partial charge in [-0.15, -0.1) is 0 Å². The van der Waals surface area contributed by atoms with Gasteiger partial charge in [-0.05, 0) is 32.0 Å². The molecule has 1 aromatic heterocycles. The number of rotatable bonds is 5. The maximum absolute atomic E-state index is 13.4. The smallest absolute Gasteiger partial charge is 0.211 e. The molecule has 0 aliphatic carbocycles. The quantitative estimate of drug-likeness (QED) is 0.893. The molecule has 1 heterocycles. The first-order valence-electron chi connectivity index (χ1n) is 6.27. The molecule has 2 aromatic rings. The van der Waals surface area contributed by atoms with Crippen molar-refractivity contribution in [1.82, 2.24) is 10.3 Å². The zero-order chi connectivity index (χ0) is 13.8. The first kappa shape index (κ1) is 14.0. The summed E-state index contributed by atoms with van der Waals surface area (Å²) in [6.07, 6.45) is 2.60. The lowest BCUT2D eigenvalue weighted by Gasteiger charge is -2.08. The number of nitrogens with zero attached hydrogens (tertiary/aromatic N) is 1. The number of halogens is 2. The molecule has 5 heteroatoms. The van der Waals surface area contributed by atoms with E-state index in [1.165, 1.54) is 6.07 Å². The van der Waals surface area contributed by atoms with Crippen LogP contribution in [-0.2, 0) is 0 Å². The average molecular weight is 283 g/mol. The van der Waals surface area contributed by atoms with E-state index >= 15 is 0 Å². The second-order valence-corrected chi connectivity index (χ2v) is 4.72. The van der Waals surface area contributed by atoms with E-state index in [-0.39, 0.29) is 11.1 Å². The average Bonchev–Trinajstić information content (AvgIpc) is 2.88.